The first-order valence-electron chi connectivity index (χ1n) is 14.1. The number of benzene rings is 6. The molecule has 0 aromatic heterocycles. The van der Waals surface area contributed by atoms with E-state index in [1.54, 1.807) is 12.1 Å². The van der Waals surface area contributed by atoms with Crippen molar-refractivity contribution in [3.63, 3.8) is 0 Å². The van der Waals surface area contributed by atoms with Crippen molar-refractivity contribution in [3.8, 4) is 34.1 Å². The van der Waals surface area contributed by atoms with Crippen molar-refractivity contribution in [1.82, 2.24) is 0 Å². The molecule has 0 aliphatic rings. The molecule has 0 amide bonds. The Bertz CT molecular complexity index is 2050. The summed E-state index contributed by atoms with van der Waals surface area (Å²) in [6.45, 7) is 0. The van der Waals surface area contributed by atoms with Gasteiger partial charge in [0.25, 0.3) is 0 Å². The monoisotopic (exact) mass is 660 g/mol. The van der Waals surface area contributed by atoms with Gasteiger partial charge in [-0.15, -0.1) is 26.3 Å². The molecule has 0 saturated carbocycles. The highest BCUT2D eigenvalue weighted by Crippen LogP contribution is 2.46. The molecule has 242 valence electrons. The number of aliphatic imine (C=N–C) groups is 2. The normalized spacial score (nSPS) is 12.4. The van der Waals surface area contributed by atoms with Crippen molar-refractivity contribution in [1.29, 1.82) is 0 Å². The van der Waals surface area contributed by atoms with Gasteiger partial charge in [0.15, 0.2) is 0 Å². The van der Waals surface area contributed by atoms with Crippen LogP contribution in [0.2, 0.25) is 0 Å². The van der Waals surface area contributed by atoms with E-state index in [4.69, 9.17) is 0 Å². The Kier molecular flexibility index (Phi) is 8.40. The molecule has 0 spiro atoms. The SMILES string of the molecule is Oc1ccc(OC(F)(F)F)cc1C=Nc1ccc2ccccc2c1-c1c(N=Cc2cc(OC(F)(F)F)ccc2O)ccc2ccccc12. The lowest BCUT2D eigenvalue weighted by molar-refractivity contribution is -0.275. The lowest BCUT2D eigenvalue weighted by atomic mass is 9.91. The van der Waals surface area contributed by atoms with Gasteiger partial charge in [0, 0.05) is 34.7 Å². The van der Waals surface area contributed by atoms with Gasteiger partial charge in [-0.25, -0.2) is 0 Å². The third-order valence-electron chi connectivity index (χ3n) is 7.21. The van der Waals surface area contributed by atoms with Crippen LogP contribution in [0.5, 0.6) is 23.0 Å². The van der Waals surface area contributed by atoms with Crippen molar-refractivity contribution in [3.05, 3.63) is 120 Å². The summed E-state index contributed by atoms with van der Waals surface area (Å²) in [4.78, 5) is 9.18. The second-order valence-corrected chi connectivity index (χ2v) is 10.4. The van der Waals surface area contributed by atoms with Crippen LogP contribution >= 0.6 is 0 Å². The fraction of sp³-hybridized carbons (Fsp3) is 0.0556. The number of ether oxygens (including phenoxy) is 2. The summed E-state index contributed by atoms with van der Waals surface area (Å²) in [5.41, 5.74) is 1.81. The summed E-state index contributed by atoms with van der Waals surface area (Å²) in [5.74, 6) is -1.75. The second-order valence-electron chi connectivity index (χ2n) is 10.4. The van der Waals surface area contributed by atoms with Gasteiger partial charge in [0.05, 0.1) is 11.4 Å². The molecule has 2 N–H and O–H groups in total. The highest BCUT2D eigenvalue weighted by molar-refractivity contribution is 6.13. The molecule has 12 heteroatoms. The molecule has 6 rings (SSSR count). The van der Waals surface area contributed by atoms with Gasteiger partial charge >= 0.3 is 12.7 Å². The standard InChI is InChI=1S/C36H22F6N2O4/c37-35(38,39)47-25-11-15-31(45)23(17-25)19-43-29-13-9-21-5-1-3-7-27(21)33(29)34-28-8-4-2-6-22(28)10-14-30(34)44-20-24-18-26(12-16-32(24)46)48-36(40,41)42/h1-20,45-46H. The summed E-state index contributed by atoms with van der Waals surface area (Å²) in [7, 11) is 0. The van der Waals surface area contributed by atoms with Crippen LogP contribution < -0.4 is 9.47 Å². The van der Waals surface area contributed by atoms with Crippen LogP contribution in [0, 0.1) is 0 Å². The van der Waals surface area contributed by atoms with Crippen molar-refractivity contribution >= 4 is 45.3 Å². The molecule has 6 aromatic rings. The Labute approximate surface area is 268 Å². The predicted octanol–water partition coefficient (Wildman–Crippen LogP) is 10.4. The van der Waals surface area contributed by atoms with Crippen LogP contribution in [-0.4, -0.2) is 35.4 Å². The molecule has 0 unspecified atom stereocenters. The zero-order chi connectivity index (χ0) is 34.1. The van der Waals surface area contributed by atoms with Gasteiger partial charge in [-0.3, -0.25) is 9.98 Å². The van der Waals surface area contributed by atoms with E-state index in [0.717, 1.165) is 57.9 Å². The van der Waals surface area contributed by atoms with Crippen LogP contribution in [0.25, 0.3) is 32.7 Å². The Morgan fingerprint density at radius 2 is 0.896 bits per heavy atom. The average Bonchev–Trinajstić information content (AvgIpc) is 3.03. The maximum Gasteiger partial charge on any atom is 0.573 e. The molecule has 0 radical (unpaired) electrons. The summed E-state index contributed by atoms with van der Waals surface area (Å²) in [6.07, 6.45) is -7.45. The zero-order valence-electron chi connectivity index (χ0n) is 24.4. The first kappa shape index (κ1) is 31.9. The largest absolute Gasteiger partial charge is 0.573 e. The van der Waals surface area contributed by atoms with Crippen LogP contribution in [0.4, 0.5) is 37.7 Å². The number of hydrogen-bond acceptors (Lipinski definition) is 6. The fourth-order valence-corrected chi connectivity index (χ4v) is 5.21. The molecule has 6 aromatic carbocycles. The minimum atomic E-state index is -4.94. The molecule has 0 saturated heterocycles. The molecular weight excluding hydrogens is 638 g/mol. The van der Waals surface area contributed by atoms with E-state index in [9.17, 15) is 36.6 Å². The minimum Gasteiger partial charge on any atom is -0.507 e. The van der Waals surface area contributed by atoms with Gasteiger partial charge in [-0.1, -0.05) is 60.7 Å². The first-order valence-corrected chi connectivity index (χ1v) is 14.1. The second kappa shape index (κ2) is 12.6. The number of rotatable bonds is 7. The molecule has 0 aliphatic heterocycles. The van der Waals surface area contributed by atoms with E-state index in [1.165, 1.54) is 12.4 Å². The minimum absolute atomic E-state index is 0.0385. The van der Waals surface area contributed by atoms with Gasteiger partial charge in [-0.2, -0.15) is 0 Å². The highest BCUT2D eigenvalue weighted by atomic mass is 19.4. The van der Waals surface area contributed by atoms with Crippen LogP contribution in [0.1, 0.15) is 11.1 Å². The van der Waals surface area contributed by atoms with Gasteiger partial charge in [0.2, 0.25) is 0 Å². The molecule has 0 heterocycles. The Morgan fingerprint density at radius 3 is 1.29 bits per heavy atom. The number of aromatic hydroxyl groups is 2. The van der Waals surface area contributed by atoms with E-state index in [1.807, 2.05) is 60.7 Å². The summed E-state index contributed by atoms with van der Waals surface area (Å²) in [5, 5.41) is 23.9. The summed E-state index contributed by atoms with van der Waals surface area (Å²) >= 11 is 0. The quantitative estimate of drug-likeness (QED) is 0.132. The Morgan fingerprint density at radius 1 is 0.500 bits per heavy atom. The topological polar surface area (TPSA) is 83.6 Å². The predicted molar refractivity (Wildman–Crippen MR) is 171 cm³/mol. The lowest BCUT2D eigenvalue weighted by Gasteiger charge is -2.16. The molecular formula is C36H22F6N2O4. The van der Waals surface area contributed by atoms with Crippen LogP contribution in [0.3, 0.4) is 0 Å². The van der Waals surface area contributed by atoms with Crippen LogP contribution in [0.15, 0.2) is 119 Å². The maximum atomic E-state index is 12.9. The fourth-order valence-electron chi connectivity index (χ4n) is 5.21. The Hall–Kier alpha value is -6.04. The highest BCUT2D eigenvalue weighted by Gasteiger charge is 2.32. The molecule has 6 nitrogen and oxygen atoms in total. The summed E-state index contributed by atoms with van der Waals surface area (Å²) in [6, 6.07) is 27.9. The van der Waals surface area contributed by atoms with Gasteiger partial charge in [0.1, 0.15) is 23.0 Å². The van der Waals surface area contributed by atoms with Crippen molar-refractivity contribution in [2.24, 2.45) is 9.98 Å². The average molecular weight is 661 g/mol. The third kappa shape index (κ3) is 7.17. The number of fused-ring (bicyclic) bond motifs is 2. The first-order chi connectivity index (χ1) is 22.8. The van der Waals surface area contributed by atoms with Crippen molar-refractivity contribution in [2.75, 3.05) is 0 Å². The molecule has 48 heavy (non-hydrogen) atoms. The molecule has 0 fully saturated rings. The number of alkyl halides is 6. The Balaban J connectivity index is 1.54. The molecule has 0 atom stereocenters. The van der Waals surface area contributed by atoms with E-state index < -0.39 is 24.2 Å². The van der Waals surface area contributed by atoms with E-state index in [-0.39, 0.29) is 22.6 Å². The number of nitrogens with zero attached hydrogens (tertiary/aromatic N) is 2. The molecule has 0 bridgehead atoms. The van der Waals surface area contributed by atoms with Gasteiger partial charge in [-0.05, 0) is 70.1 Å². The molecule has 0 aliphatic carbocycles. The van der Waals surface area contributed by atoms with E-state index >= 15 is 0 Å². The van der Waals surface area contributed by atoms with Crippen molar-refractivity contribution < 1.29 is 46.0 Å². The smallest absolute Gasteiger partial charge is 0.507 e. The number of phenolic OH excluding ortho intramolecular Hbond substituents is 2. The van der Waals surface area contributed by atoms with E-state index in [0.29, 0.717) is 22.5 Å². The van der Waals surface area contributed by atoms with E-state index in [2.05, 4.69) is 19.5 Å². The third-order valence-corrected chi connectivity index (χ3v) is 7.21. The number of hydrogen-bond donors (Lipinski definition) is 2. The van der Waals surface area contributed by atoms with Crippen molar-refractivity contribution in [2.45, 2.75) is 12.7 Å². The lowest BCUT2D eigenvalue weighted by Crippen LogP contribution is -2.17. The number of halogens is 6. The number of phenols is 2. The van der Waals surface area contributed by atoms with Crippen LogP contribution in [-0.2, 0) is 0 Å². The summed E-state index contributed by atoms with van der Waals surface area (Å²) < 4.78 is 85.2. The zero-order valence-corrected chi connectivity index (χ0v) is 24.4. The van der Waals surface area contributed by atoms with Gasteiger partial charge < -0.3 is 19.7 Å². The maximum absolute atomic E-state index is 12.9.